The van der Waals surface area contributed by atoms with Crippen molar-refractivity contribution in [3.63, 3.8) is 0 Å². The number of nitrogens with one attached hydrogen (secondary N) is 2. The summed E-state index contributed by atoms with van der Waals surface area (Å²) in [6, 6.07) is -0.476. The lowest BCUT2D eigenvalue weighted by atomic mass is 9.97. The highest BCUT2D eigenvalue weighted by molar-refractivity contribution is 7.15. The van der Waals surface area contributed by atoms with E-state index in [-0.39, 0.29) is 17.7 Å². The van der Waals surface area contributed by atoms with E-state index in [9.17, 15) is 9.59 Å². The zero-order chi connectivity index (χ0) is 16.8. The lowest BCUT2D eigenvalue weighted by molar-refractivity contribution is -0.126. The van der Waals surface area contributed by atoms with E-state index in [0.717, 1.165) is 43.5 Å². The van der Waals surface area contributed by atoms with Gasteiger partial charge < -0.3 is 5.32 Å². The zero-order valence-electron chi connectivity index (χ0n) is 14.1. The molecule has 128 valence electrons. The first-order valence-electron chi connectivity index (χ1n) is 8.46. The maximum Gasteiger partial charge on any atom is 0.249 e. The summed E-state index contributed by atoms with van der Waals surface area (Å²) >= 11 is 1.43. The van der Waals surface area contributed by atoms with E-state index in [4.69, 9.17) is 0 Å². The first kappa shape index (κ1) is 17.8. The molecular weight excluding hydrogens is 312 g/mol. The Bertz CT molecular complexity index is 536. The molecular formula is C16H26N4O2S. The first-order chi connectivity index (χ1) is 11.0. The molecule has 2 N–H and O–H groups in total. The molecule has 1 aromatic rings. The number of nitrogens with zero attached hydrogens (tertiary/aromatic N) is 2. The normalized spacial score (nSPS) is 16.5. The summed E-state index contributed by atoms with van der Waals surface area (Å²) in [6.45, 7) is 5.70. The van der Waals surface area contributed by atoms with Gasteiger partial charge in [-0.15, -0.1) is 10.2 Å². The third kappa shape index (κ3) is 4.73. The fourth-order valence-corrected chi connectivity index (χ4v) is 4.19. The van der Waals surface area contributed by atoms with Crippen molar-refractivity contribution in [2.45, 2.75) is 71.3 Å². The van der Waals surface area contributed by atoms with Crippen LogP contribution < -0.4 is 10.6 Å². The summed E-state index contributed by atoms with van der Waals surface area (Å²) in [5.41, 5.74) is 0. The SMILES string of the molecule is CCC(CC)c1nnc(NC(=O)[C@@H](NC(C)=O)C2CCCC2)s1. The second kappa shape index (κ2) is 8.38. The van der Waals surface area contributed by atoms with Crippen molar-refractivity contribution < 1.29 is 9.59 Å². The number of anilines is 1. The van der Waals surface area contributed by atoms with Crippen LogP contribution >= 0.6 is 11.3 Å². The molecule has 1 aliphatic rings. The minimum absolute atomic E-state index is 0.174. The summed E-state index contributed by atoms with van der Waals surface area (Å²) in [6.07, 6.45) is 6.21. The van der Waals surface area contributed by atoms with Crippen LogP contribution in [0.5, 0.6) is 0 Å². The zero-order valence-corrected chi connectivity index (χ0v) is 14.9. The average molecular weight is 338 g/mol. The summed E-state index contributed by atoms with van der Waals surface area (Å²) < 4.78 is 0. The van der Waals surface area contributed by atoms with Gasteiger partial charge in [0, 0.05) is 12.8 Å². The number of carbonyl (C=O) groups excluding carboxylic acids is 2. The predicted molar refractivity (Wildman–Crippen MR) is 91.4 cm³/mol. The molecule has 0 saturated heterocycles. The fourth-order valence-electron chi connectivity index (χ4n) is 3.18. The van der Waals surface area contributed by atoms with E-state index in [0.29, 0.717) is 11.0 Å². The number of aromatic nitrogens is 2. The molecule has 2 rings (SSSR count). The maximum absolute atomic E-state index is 12.6. The van der Waals surface area contributed by atoms with Gasteiger partial charge in [0.15, 0.2) is 0 Å². The minimum Gasteiger partial charge on any atom is -0.344 e. The van der Waals surface area contributed by atoms with Gasteiger partial charge in [-0.05, 0) is 31.6 Å². The molecule has 0 bridgehead atoms. The van der Waals surface area contributed by atoms with Crippen LogP contribution in [0.4, 0.5) is 5.13 Å². The van der Waals surface area contributed by atoms with Crippen molar-refractivity contribution in [2.24, 2.45) is 5.92 Å². The molecule has 0 unspecified atom stereocenters. The van der Waals surface area contributed by atoms with E-state index in [1.54, 1.807) is 0 Å². The van der Waals surface area contributed by atoms with Gasteiger partial charge in [-0.25, -0.2) is 0 Å². The van der Waals surface area contributed by atoms with Gasteiger partial charge >= 0.3 is 0 Å². The molecule has 1 fully saturated rings. The van der Waals surface area contributed by atoms with Gasteiger partial charge in [-0.2, -0.15) is 0 Å². The number of amides is 2. The molecule has 0 aromatic carbocycles. The largest absolute Gasteiger partial charge is 0.344 e. The number of hydrogen-bond donors (Lipinski definition) is 2. The van der Waals surface area contributed by atoms with Gasteiger partial charge in [-0.1, -0.05) is 38.0 Å². The Kier molecular flexibility index (Phi) is 6.50. The van der Waals surface area contributed by atoms with Crippen molar-refractivity contribution in [3.8, 4) is 0 Å². The number of rotatable bonds is 7. The van der Waals surface area contributed by atoms with Gasteiger partial charge in [0.05, 0.1) is 0 Å². The molecule has 6 nitrogen and oxygen atoms in total. The predicted octanol–water partition coefficient (Wildman–Crippen LogP) is 3.08. The van der Waals surface area contributed by atoms with Crippen molar-refractivity contribution in [3.05, 3.63) is 5.01 Å². The number of hydrogen-bond acceptors (Lipinski definition) is 5. The highest BCUT2D eigenvalue weighted by Crippen LogP contribution is 2.30. The Balaban J connectivity index is 2.04. The molecule has 0 spiro atoms. The Morgan fingerprint density at radius 3 is 2.43 bits per heavy atom. The standard InChI is InChI=1S/C16H26N4O2S/c1-4-11(5-2)15-19-20-16(23-15)18-14(22)13(17-10(3)21)12-8-6-7-9-12/h11-13H,4-9H2,1-3H3,(H,17,21)(H,18,20,22)/t13-/m0/s1. The molecule has 23 heavy (non-hydrogen) atoms. The van der Waals surface area contributed by atoms with Gasteiger partial charge in [0.25, 0.3) is 0 Å². The van der Waals surface area contributed by atoms with Crippen molar-refractivity contribution in [2.75, 3.05) is 5.32 Å². The van der Waals surface area contributed by atoms with Gasteiger partial charge in [-0.3, -0.25) is 14.9 Å². The van der Waals surface area contributed by atoms with Crippen molar-refractivity contribution in [1.82, 2.24) is 15.5 Å². The topological polar surface area (TPSA) is 84.0 Å². The van der Waals surface area contributed by atoms with Crippen LogP contribution in [0.15, 0.2) is 0 Å². The van der Waals surface area contributed by atoms with E-state index in [1.807, 2.05) is 0 Å². The molecule has 1 saturated carbocycles. The lowest BCUT2D eigenvalue weighted by Gasteiger charge is -2.22. The summed E-state index contributed by atoms with van der Waals surface area (Å²) in [7, 11) is 0. The van der Waals surface area contributed by atoms with E-state index >= 15 is 0 Å². The summed E-state index contributed by atoms with van der Waals surface area (Å²) in [5, 5.41) is 15.4. The van der Waals surface area contributed by atoms with Crippen LogP contribution in [-0.2, 0) is 9.59 Å². The molecule has 1 aromatic heterocycles. The quantitative estimate of drug-likeness (QED) is 0.800. The highest BCUT2D eigenvalue weighted by atomic mass is 32.1. The van der Waals surface area contributed by atoms with E-state index in [1.165, 1.54) is 18.3 Å². The average Bonchev–Trinajstić information content (AvgIpc) is 3.18. The Morgan fingerprint density at radius 2 is 1.87 bits per heavy atom. The Labute approximate surface area is 141 Å². The second-order valence-electron chi connectivity index (χ2n) is 6.17. The van der Waals surface area contributed by atoms with Crippen LogP contribution in [0.1, 0.15) is 70.2 Å². The van der Waals surface area contributed by atoms with Crippen LogP contribution in [0.3, 0.4) is 0 Å². The molecule has 2 amide bonds. The van der Waals surface area contributed by atoms with Crippen LogP contribution in [0.2, 0.25) is 0 Å². The molecule has 1 atom stereocenters. The van der Waals surface area contributed by atoms with E-state index < -0.39 is 6.04 Å². The van der Waals surface area contributed by atoms with Crippen LogP contribution in [0.25, 0.3) is 0 Å². The molecule has 1 heterocycles. The first-order valence-corrected chi connectivity index (χ1v) is 9.28. The lowest BCUT2D eigenvalue weighted by Crippen LogP contribution is -2.47. The Morgan fingerprint density at radius 1 is 1.22 bits per heavy atom. The van der Waals surface area contributed by atoms with Crippen molar-refractivity contribution >= 4 is 28.3 Å². The second-order valence-corrected chi connectivity index (χ2v) is 7.18. The van der Waals surface area contributed by atoms with Crippen LogP contribution in [-0.4, -0.2) is 28.1 Å². The third-order valence-electron chi connectivity index (χ3n) is 4.52. The Hall–Kier alpha value is -1.50. The minimum atomic E-state index is -0.476. The molecule has 1 aliphatic carbocycles. The molecule has 0 aliphatic heterocycles. The van der Waals surface area contributed by atoms with Crippen LogP contribution in [0, 0.1) is 5.92 Å². The molecule has 0 radical (unpaired) electrons. The van der Waals surface area contributed by atoms with Crippen molar-refractivity contribution in [1.29, 1.82) is 0 Å². The molecule has 7 heteroatoms. The van der Waals surface area contributed by atoms with E-state index in [2.05, 4.69) is 34.7 Å². The fraction of sp³-hybridized carbons (Fsp3) is 0.750. The van der Waals surface area contributed by atoms with Gasteiger partial charge in [0.1, 0.15) is 11.0 Å². The smallest absolute Gasteiger partial charge is 0.249 e. The summed E-state index contributed by atoms with van der Waals surface area (Å²) in [5.74, 6) is 0.246. The number of carbonyl (C=O) groups is 2. The third-order valence-corrected chi connectivity index (χ3v) is 5.52. The maximum atomic E-state index is 12.6. The summed E-state index contributed by atoms with van der Waals surface area (Å²) in [4.78, 5) is 24.0. The highest BCUT2D eigenvalue weighted by Gasteiger charge is 2.32. The monoisotopic (exact) mass is 338 g/mol. The van der Waals surface area contributed by atoms with Gasteiger partial charge in [0.2, 0.25) is 16.9 Å².